The summed E-state index contributed by atoms with van der Waals surface area (Å²) < 4.78 is 41.2. The Kier molecular flexibility index (Phi) is 4.78. The predicted octanol–water partition coefficient (Wildman–Crippen LogP) is 3.45. The highest BCUT2D eigenvalue weighted by molar-refractivity contribution is 7.89. The Morgan fingerprint density at radius 3 is 2.69 bits per heavy atom. The van der Waals surface area contributed by atoms with Gasteiger partial charge in [0.1, 0.15) is 5.82 Å². The lowest BCUT2D eigenvalue weighted by molar-refractivity contribution is -0.133. The highest BCUT2D eigenvalue weighted by Gasteiger charge is 2.32. The van der Waals surface area contributed by atoms with E-state index in [-0.39, 0.29) is 23.9 Å². The van der Waals surface area contributed by atoms with Crippen molar-refractivity contribution < 1.29 is 17.6 Å². The van der Waals surface area contributed by atoms with Gasteiger partial charge in [-0.2, -0.15) is 17.6 Å². The maximum absolute atomic E-state index is 14.1. The molecule has 4 aromatic rings. The fourth-order valence-electron chi connectivity index (χ4n) is 3.96. The van der Waals surface area contributed by atoms with E-state index in [0.29, 0.717) is 27.7 Å². The third-order valence-corrected chi connectivity index (χ3v) is 7.26. The zero-order valence-corrected chi connectivity index (χ0v) is 18.0. The van der Waals surface area contributed by atoms with Gasteiger partial charge in [-0.1, -0.05) is 24.3 Å². The molecule has 1 aliphatic heterocycles. The van der Waals surface area contributed by atoms with Crippen molar-refractivity contribution in [2.45, 2.75) is 30.8 Å². The number of halogens is 1. The van der Waals surface area contributed by atoms with Crippen LogP contribution in [0.25, 0.3) is 10.9 Å². The zero-order chi connectivity index (χ0) is 22.5. The number of pyridine rings is 1. The van der Waals surface area contributed by atoms with Crippen LogP contribution in [0.4, 0.5) is 4.39 Å². The Balaban J connectivity index is 1.38. The van der Waals surface area contributed by atoms with Crippen molar-refractivity contribution in [3.05, 3.63) is 89.6 Å². The topological polar surface area (TPSA) is 85.2 Å². The number of fused-ring (bicyclic) bond motifs is 2. The van der Waals surface area contributed by atoms with Gasteiger partial charge in [-0.3, -0.25) is 9.78 Å². The van der Waals surface area contributed by atoms with Gasteiger partial charge >= 0.3 is 0 Å². The normalized spacial score (nSPS) is 14.5. The van der Waals surface area contributed by atoms with Gasteiger partial charge in [0.25, 0.3) is 10.0 Å². The first kappa shape index (κ1) is 20.3. The van der Waals surface area contributed by atoms with Gasteiger partial charge in [-0.25, -0.2) is 4.39 Å². The van der Waals surface area contributed by atoms with Crippen molar-refractivity contribution in [1.82, 2.24) is 19.1 Å². The Labute approximate surface area is 184 Å². The molecule has 1 amide bonds. The molecular weight excluding hydrogens is 431 g/mol. The van der Waals surface area contributed by atoms with Gasteiger partial charge in [-0.05, 0) is 42.8 Å². The van der Waals surface area contributed by atoms with Crippen LogP contribution in [-0.4, -0.2) is 33.4 Å². The van der Waals surface area contributed by atoms with Gasteiger partial charge in [0.2, 0.25) is 5.91 Å². The van der Waals surface area contributed by atoms with Crippen molar-refractivity contribution in [3.8, 4) is 0 Å². The molecule has 3 heterocycles. The second kappa shape index (κ2) is 7.52. The summed E-state index contributed by atoms with van der Waals surface area (Å²) >= 11 is 0. The molecule has 0 radical (unpaired) electrons. The minimum absolute atomic E-state index is 0.111. The molecule has 1 aliphatic rings. The molecule has 0 fully saturated rings. The first-order chi connectivity index (χ1) is 15.3. The van der Waals surface area contributed by atoms with Crippen LogP contribution in [0.5, 0.6) is 0 Å². The Morgan fingerprint density at radius 2 is 1.91 bits per heavy atom. The molecule has 0 unspecified atom stereocenters. The standard InChI is InChI=1S/C23H19FN4O3S/c1-15(19-6-2-3-7-20(19)24)23(29)27-12-17-13-28(26-22(17)14-27)32(30,31)18-8-9-21-16(11-18)5-4-10-25-21/h2-11,13,15H,12,14H2,1H3/t15-/m1/s1. The van der Waals surface area contributed by atoms with E-state index in [1.807, 2.05) is 0 Å². The Morgan fingerprint density at radius 1 is 1.09 bits per heavy atom. The lowest BCUT2D eigenvalue weighted by Gasteiger charge is -2.21. The van der Waals surface area contributed by atoms with Crippen LogP contribution in [0.1, 0.15) is 29.7 Å². The molecule has 2 aromatic carbocycles. The second-order valence-electron chi connectivity index (χ2n) is 7.77. The Bertz CT molecular complexity index is 1440. The predicted molar refractivity (Wildman–Crippen MR) is 116 cm³/mol. The van der Waals surface area contributed by atoms with Crippen LogP contribution >= 0.6 is 0 Å². The molecule has 0 spiro atoms. The summed E-state index contributed by atoms with van der Waals surface area (Å²) in [7, 11) is -3.89. The summed E-state index contributed by atoms with van der Waals surface area (Å²) in [5, 5.41) is 4.96. The largest absolute Gasteiger partial charge is 0.332 e. The summed E-state index contributed by atoms with van der Waals surface area (Å²) in [5.41, 5.74) is 2.21. The molecule has 5 rings (SSSR count). The number of nitrogens with zero attached hydrogens (tertiary/aromatic N) is 4. The fraction of sp³-hybridized carbons (Fsp3) is 0.174. The molecule has 0 aliphatic carbocycles. The number of hydrogen-bond acceptors (Lipinski definition) is 5. The van der Waals surface area contributed by atoms with Crippen LogP contribution in [-0.2, 0) is 27.9 Å². The molecule has 162 valence electrons. The van der Waals surface area contributed by atoms with Crippen molar-refractivity contribution >= 4 is 26.8 Å². The van der Waals surface area contributed by atoms with Crippen molar-refractivity contribution in [1.29, 1.82) is 0 Å². The fourth-order valence-corrected chi connectivity index (χ4v) is 5.17. The minimum Gasteiger partial charge on any atom is -0.332 e. The lowest BCUT2D eigenvalue weighted by Crippen LogP contribution is -2.30. The third-order valence-electron chi connectivity index (χ3n) is 5.73. The van der Waals surface area contributed by atoms with Crippen molar-refractivity contribution in [2.24, 2.45) is 0 Å². The van der Waals surface area contributed by atoms with Gasteiger partial charge in [0.15, 0.2) is 0 Å². The van der Waals surface area contributed by atoms with Crippen LogP contribution in [0.2, 0.25) is 0 Å². The van der Waals surface area contributed by atoms with E-state index < -0.39 is 21.8 Å². The lowest BCUT2D eigenvalue weighted by atomic mass is 9.99. The molecular formula is C23H19FN4O3S. The molecule has 7 nitrogen and oxygen atoms in total. The number of hydrogen-bond donors (Lipinski definition) is 0. The van der Waals surface area contributed by atoms with Crippen molar-refractivity contribution in [3.63, 3.8) is 0 Å². The Hall–Kier alpha value is -3.59. The molecule has 0 saturated carbocycles. The van der Waals surface area contributed by atoms with E-state index in [2.05, 4.69) is 10.1 Å². The van der Waals surface area contributed by atoms with Gasteiger partial charge in [0, 0.05) is 29.9 Å². The maximum Gasteiger partial charge on any atom is 0.282 e. The number of amides is 1. The minimum atomic E-state index is -3.89. The monoisotopic (exact) mass is 450 g/mol. The summed E-state index contributed by atoms with van der Waals surface area (Å²) in [6.45, 7) is 2.07. The number of rotatable bonds is 4. The first-order valence-corrected chi connectivity index (χ1v) is 11.5. The summed E-state index contributed by atoms with van der Waals surface area (Å²) in [6.07, 6.45) is 3.09. The first-order valence-electron chi connectivity index (χ1n) is 10.1. The molecule has 32 heavy (non-hydrogen) atoms. The number of aromatic nitrogens is 3. The number of carbonyl (C=O) groups excluding carboxylic acids is 1. The smallest absolute Gasteiger partial charge is 0.282 e. The van der Waals surface area contributed by atoms with Crippen LogP contribution < -0.4 is 0 Å². The van der Waals surface area contributed by atoms with E-state index in [0.717, 1.165) is 4.09 Å². The average Bonchev–Trinajstić information content (AvgIpc) is 3.38. The molecule has 1 atom stereocenters. The molecule has 0 bridgehead atoms. The number of benzene rings is 2. The number of carbonyl (C=O) groups is 1. The summed E-state index contributed by atoms with van der Waals surface area (Å²) in [5.74, 6) is -1.31. The molecule has 2 aromatic heterocycles. The van der Waals surface area contributed by atoms with E-state index in [4.69, 9.17) is 0 Å². The van der Waals surface area contributed by atoms with Gasteiger partial charge in [-0.15, -0.1) is 0 Å². The van der Waals surface area contributed by atoms with Crippen LogP contribution in [0.3, 0.4) is 0 Å². The zero-order valence-electron chi connectivity index (χ0n) is 17.1. The van der Waals surface area contributed by atoms with Crippen LogP contribution in [0, 0.1) is 5.82 Å². The van der Waals surface area contributed by atoms with Crippen molar-refractivity contribution in [2.75, 3.05) is 0 Å². The van der Waals surface area contributed by atoms with Crippen LogP contribution in [0.15, 0.2) is 71.9 Å². The third kappa shape index (κ3) is 3.34. The van der Waals surface area contributed by atoms with Gasteiger partial charge in [0.05, 0.1) is 28.6 Å². The molecule has 0 N–H and O–H groups in total. The van der Waals surface area contributed by atoms with Gasteiger partial charge < -0.3 is 4.90 Å². The summed E-state index contributed by atoms with van der Waals surface area (Å²) in [4.78, 5) is 18.8. The quantitative estimate of drug-likeness (QED) is 0.475. The van der Waals surface area contributed by atoms with E-state index in [1.54, 1.807) is 60.5 Å². The maximum atomic E-state index is 14.1. The SMILES string of the molecule is C[C@@H](C(=O)N1Cc2cn(S(=O)(=O)c3ccc4ncccc4c3)nc2C1)c1ccccc1F. The molecule has 0 saturated heterocycles. The second-order valence-corrected chi connectivity index (χ2v) is 9.57. The highest BCUT2D eigenvalue weighted by atomic mass is 32.2. The van der Waals surface area contributed by atoms with E-state index >= 15 is 0 Å². The van der Waals surface area contributed by atoms with E-state index in [9.17, 15) is 17.6 Å². The average molecular weight is 450 g/mol. The summed E-state index contributed by atoms with van der Waals surface area (Å²) in [6, 6.07) is 14.5. The molecule has 9 heteroatoms. The van der Waals surface area contributed by atoms with E-state index in [1.165, 1.54) is 18.3 Å². The highest BCUT2D eigenvalue weighted by Crippen LogP contribution is 2.29.